The second kappa shape index (κ2) is 4.49. The Labute approximate surface area is 104 Å². The van der Waals surface area contributed by atoms with E-state index in [-0.39, 0.29) is 11.3 Å². The summed E-state index contributed by atoms with van der Waals surface area (Å²) in [7, 11) is 0. The van der Waals surface area contributed by atoms with Crippen molar-refractivity contribution in [3.8, 4) is 11.3 Å². The second-order valence-electron chi connectivity index (χ2n) is 3.82. The molecule has 2 nitrogen and oxygen atoms in total. The van der Waals surface area contributed by atoms with Crippen LogP contribution in [0.15, 0.2) is 30.5 Å². The molecule has 0 aliphatic carbocycles. The Kier molecular flexibility index (Phi) is 3.13. The zero-order valence-corrected chi connectivity index (χ0v) is 9.30. The van der Waals surface area contributed by atoms with E-state index in [0.717, 1.165) is 18.3 Å². The van der Waals surface area contributed by atoms with Crippen LogP contribution in [0.25, 0.3) is 11.3 Å². The summed E-state index contributed by atoms with van der Waals surface area (Å²) in [5, 5.41) is 0. The molecule has 1 aromatic heterocycles. The predicted octanol–water partition coefficient (Wildman–Crippen LogP) is 3.63. The van der Waals surface area contributed by atoms with Gasteiger partial charge in [-0.3, -0.25) is 4.98 Å². The van der Waals surface area contributed by atoms with E-state index in [9.17, 15) is 22.0 Å². The third kappa shape index (κ3) is 2.81. The number of nitrogens with zero attached hydrogens (tertiary/aromatic N) is 1. The zero-order valence-electron chi connectivity index (χ0n) is 9.30. The van der Waals surface area contributed by atoms with Gasteiger partial charge < -0.3 is 5.73 Å². The first-order valence-corrected chi connectivity index (χ1v) is 5.06. The summed E-state index contributed by atoms with van der Waals surface area (Å²) in [5.74, 6) is -1.97. The first-order valence-electron chi connectivity index (χ1n) is 5.06. The Morgan fingerprint density at radius 3 is 2.05 bits per heavy atom. The van der Waals surface area contributed by atoms with E-state index in [1.165, 1.54) is 0 Å². The molecule has 2 N–H and O–H groups in total. The zero-order chi connectivity index (χ0) is 14.2. The molecule has 19 heavy (non-hydrogen) atoms. The van der Waals surface area contributed by atoms with Gasteiger partial charge >= 0.3 is 6.18 Å². The largest absolute Gasteiger partial charge is 0.418 e. The molecular weight excluding hydrogens is 267 g/mol. The fraction of sp³-hybridized carbons (Fsp3) is 0.0833. The fourth-order valence-corrected chi connectivity index (χ4v) is 1.62. The molecule has 0 aliphatic rings. The van der Waals surface area contributed by atoms with Gasteiger partial charge in [0.25, 0.3) is 0 Å². The van der Waals surface area contributed by atoms with Crippen molar-refractivity contribution in [1.29, 1.82) is 0 Å². The third-order valence-electron chi connectivity index (χ3n) is 2.35. The number of hydrogen-bond donors (Lipinski definition) is 1. The summed E-state index contributed by atoms with van der Waals surface area (Å²) in [5.41, 5.74) is 3.05. The molecule has 0 saturated heterocycles. The molecule has 7 heteroatoms. The molecule has 0 unspecified atom stereocenters. The standard InChI is InChI=1S/C12H7F5N2/c13-7-1-6(2-8(14)3-7)11-10(12(15,16)17)4-9(18)5-19-11/h1-5H,18H2. The molecule has 1 aromatic carbocycles. The summed E-state index contributed by atoms with van der Waals surface area (Å²) in [6.07, 6.45) is -3.73. The van der Waals surface area contributed by atoms with Crippen molar-refractivity contribution in [2.75, 3.05) is 5.73 Å². The molecule has 0 aliphatic heterocycles. The van der Waals surface area contributed by atoms with Gasteiger partial charge in [-0.15, -0.1) is 0 Å². The lowest BCUT2D eigenvalue weighted by atomic mass is 10.0. The number of alkyl halides is 3. The molecule has 2 aromatic rings. The summed E-state index contributed by atoms with van der Waals surface area (Å²) in [6.45, 7) is 0. The SMILES string of the molecule is Nc1cnc(-c2cc(F)cc(F)c2)c(C(F)(F)F)c1. The van der Waals surface area contributed by atoms with E-state index < -0.39 is 29.1 Å². The fourth-order valence-electron chi connectivity index (χ4n) is 1.62. The van der Waals surface area contributed by atoms with E-state index in [2.05, 4.69) is 4.98 Å². The summed E-state index contributed by atoms with van der Waals surface area (Å²) < 4.78 is 64.6. The molecular formula is C12H7F5N2. The van der Waals surface area contributed by atoms with Crippen LogP contribution in [-0.2, 0) is 6.18 Å². The van der Waals surface area contributed by atoms with Gasteiger partial charge in [-0.1, -0.05) is 0 Å². The van der Waals surface area contributed by atoms with Gasteiger partial charge in [-0.05, 0) is 18.2 Å². The van der Waals surface area contributed by atoms with Crippen molar-refractivity contribution >= 4 is 5.69 Å². The number of hydrogen-bond acceptors (Lipinski definition) is 2. The average Bonchev–Trinajstić information content (AvgIpc) is 2.26. The van der Waals surface area contributed by atoms with Crippen LogP contribution in [0, 0.1) is 11.6 Å². The van der Waals surface area contributed by atoms with Crippen molar-refractivity contribution in [2.24, 2.45) is 0 Å². The number of aromatic nitrogens is 1. The monoisotopic (exact) mass is 274 g/mol. The maximum Gasteiger partial charge on any atom is 0.418 e. The number of nitrogen functional groups attached to an aromatic ring is 1. The number of anilines is 1. The summed E-state index contributed by atoms with van der Waals surface area (Å²) >= 11 is 0. The minimum Gasteiger partial charge on any atom is -0.397 e. The lowest BCUT2D eigenvalue weighted by Gasteiger charge is -2.12. The number of halogens is 5. The van der Waals surface area contributed by atoms with Crippen LogP contribution in [0.1, 0.15) is 5.56 Å². The van der Waals surface area contributed by atoms with Gasteiger partial charge in [0.2, 0.25) is 0 Å². The Balaban J connectivity index is 2.68. The van der Waals surface area contributed by atoms with Crippen molar-refractivity contribution < 1.29 is 22.0 Å². The van der Waals surface area contributed by atoms with Gasteiger partial charge in [-0.25, -0.2) is 8.78 Å². The normalized spacial score (nSPS) is 11.6. The van der Waals surface area contributed by atoms with E-state index in [0.29, 0.717) is 12.1 Å². The average molecular weight is 274 g/mol. The molecule has 0 saturated carbocycles. The van der Waals surface area contributed by atoms with Crippen LogP contribution in [0.3, 0.4) is 0 Å². The lowest BCUT2D eigenvalue weighted by molar-refractivity contribution is -0.137. The Hall–Kier alpha value is -2.18. The number of pyridine rings is 1. The van der Waals surface area contributed by atoms with Crippen LogP contribution in [0.5, 0.6) is 0 Å². The van der Waals surface area contributed by atoms with Gasteiger partial charge in [0.15, 0.2) is 0 Å². The first-order chi connectivity index (χ1) is 8.77. The molecule has 0 radical (unpaired) electrons. The van der Waals surface area contributed by atoms with E-state index in [1.54, 1.807) is 0 Å². The molecule has 0 spiro atoms. The molecule has 1 heterocycles. The highest BCUT2D eigenvalue weighted by molar-refractivity contribution is 5.66. The van der Waals surface area contributed by atoms with Gasteiger partial charge in [-0.2, -0.15) is 13.2 Å². The Morgan fingerprint density at radius 1 is 0.947 bits per heavy atom. The van der Waals surface area contributed by atoms with Crippen molar-refractivity contribution in [2.45, 2.75) is 6.18 Å². The highest BCUT2D eigenvalue weighted by atomic mass is 19.4. The maximum absolute atomic E-state index is 13.0. The minimum atomic E-state index is -4.72. The topological polar surface area (TPSA) is 38.9 Å². The smallest absolute Gasteiger partial charge is 0.397 e. The van der Waals surface area contributed by atoms with Crippen molar-refractivity contribution in [3.05, 3.63) is 47.7 Å². The van der Waals surface area contributed by atoms with Gasteiger partial charge in [0.05, 0.1) is 23.1 Å². The maximum atomic E-state index is 13.0. The lowest BCUT2D eigenvalue weighted by Crippen LogP contribution is -2.09. The van der Waals surface area contributed by atoms with Crippen LogP contribution in [0.4, 0.5) is 27.6 Å². The predicted molar refractivity (Wildman–Crippen MR) is 59.0 cm³/mol. The van der Waals surface area contributed by atoms with Crippen LogP contribution in [0.2, 0.25) is 0 Å². The molecule has 0 bridgehead atoms. The quantitative estimate of drug-likeness (QED) is 0.806. The number of benzene rings is 1. The van der Waals surface area contributed by atoms with Gasteiger partial charge in [0.1, 0.15) is 11.6 Å². The van der Waals surface area contributed by atoms with E-state index in [4.69, 9.17) is 5.73 Å². The van der Waals surface area contributed by atoms with Gasteiger partial charge in [0, 0.05) is 11.6 Å². The van der Waals surface area contributed by atoms with Crippen molar-refractivity contribution in [1.82, 2.24) is 4.98 Å². The molecule has 0 atom stereocenters. The first kappa shape index (κ1) is 13.3. The van der Waals surface area contributed by atoms with E-state index in [1.807, 2.05) is 0 Å². The van der Waals surface area contributed by atoms with Crippen LogP contribution in [-0.4, -0.2) is 4.98 Å². The highest BCUT2D eigenvalue weighted by Gasteiger charge is 2.35. The Bertz CT molecular complexity index is 602. The minimum absolute atomic E-state index is 0.187. The van der Waals surface area contributed by atoms with Crippen LogP contribution < -0.4 is 5.73 Å². The number of rotatable bonds is 1. The van der Waals surface area contributed by atoms with Crippen LogP contribution >= 0.6 is 0 Å². The summed E-state index contributed by atoms with van der Waals surface area (Å²) in [4.78, 5) is 3.52. The Morgan fingerprint density at radius 2 is 1.53 bits per heavy atom. The second-order valence-corrected chi connectivity index (χ2v) is 3.82. The summed E-state index contributed by atoms with van der Waals surface area (Å²) in [6, 6.07) is 2.78. The van der Waals surface area contributed by atoms with E-state index >= 15 is 0 Å². The molecule has 100 valence electrons. The molecule has 0 fully saturated rings. The number of nitrogens with two attached hydrogens (primary N) is 1. The molecule has 2 rings (SSSR count). The molecule has 0 amide bonds. The highest BCUT2D eigenvalue weighted by Crippen LogP contribution is 2.37. The van der Waals surface area contributed by atoms with Crippen molar-refractivity contribution in [3.63, 3.8) is 0 Å². The third-order valence-corrected chi connectivity index (χ3v) is 2.35.